The van der Waals surface area contributed by atoms with E-state index in [2.05, 4.69) is 79.6 Å². The van der Waals surface area contributed by atoms with Crippen molar-refractivity contribution >= 4 is 41.0 Å². The van der Waals surface area contributed by atoms with Crippen LogP contribution in [-0.4, -0.2) is 66.6 Å². The van der Waals surface area contributed by atoms with E-state index in [4.69, 9.17) is 26.4 Å². The monoisotopic (exact) mass is 523 g/mol. The Hall–Kier alpha value is -2.31. The van der Waals surface area contributed by atoms with Crippen LogP contribution in [0.1, 0.15) is 33.3 Å². The Labute approximate surface area is 220 Å². The fraction of sp³-hybridized carbons (Fsp3) is 0.429. The van der Waals surface area contributed by atoms with Gasteiger partial charge in [0.05, 0.1) is 26.0 Å². The average Bonchev–Trinajstić information content (AvgIpc) is 3.32. The molecule has 0 amide bonds. The summed E-state index contributed by atoms with van der Waals surface area (Å²) < 4.78 is 16.6. The van der Waals surface area contributed by atoms with Gasteiger partial charge >= 0.3 is 5.90 Å². The molecule has 0 N–H and O–H groups in total. The number of allylic oxidation sites excluding steroid dienone is 1. The highest BCUT2D eigenvalue weighted by atomic mass is 32.4. The fourth-order valence-electron chi connectivity index (χ4n) is 5.61. The molecule has 1 saturated heterocycles. The summed E-state index contributed by atoms with van der Waals surface area (Å²) in [6, 6.07) is 18.9. The molecule has 6 nitrogen and oxygen atoms in total. The first-order valence-electron chi connectivity index (χ1n) is 12.7. The molecule has 0 bridgehead atoms. The van der Waals surface area contributed by atoms with Crippen molar-refractivity contribution in [3.8, 4) is 0 Å². The second kappa shape index (κ2) is 9.86. The van der Waals surface area contributed by atoms with E-state index in [1.165, 1.54) is 16.9 Å². The Kier molecular flexibility index (Phi) is 6.94. The van der Waals surface area contributed by atoms with E-state index in [1.54, 1.807) is 0 Å². The molecule has 2 unspecified atom stereocenters. The molecular formula is C28H36N4O2PS+. The summed E-state index contributed by atoms with van der Waals surface area (Å²) in [5, 5.41) is 5.02. The number of hydrogen-bond donors (Lipinski definition) is 0. The van der Waals surface area contributed by atoms with Crippen molar-refractivity contribution in [1.82, 2.24) is 4.67 Å². The maximum atomic E-state index is 6.83. The summed E-state index contributed by atoms with van der Waals surface area (Å²) in [5.41, 5.74) is 5.56. The van der Waals surface area contributed by atoms with Crippen molar-refractivity contribution in [3.63, 3.8) is 0 Å². The second-order valence-electron chi connectivity index (χ2n) is 10.0. The van der Waals surface area contributed by atoms with Crippen molar-refractivity contribution in [3.05, 3.63) is 71.7 Å². The molecule has 2 atom stereocenters. The first-order chi connectivity index (χ1) is 17.3. The number of para-hydroxylation sites is 2. The predicted octanol–water partition coefficient (Wildman–Crippen LogP) is 5.52. The van der Waals surface area contributed by atoms with Crippen molar-refractivity contribution in [2.24, 2.45) is 5.10 Å². The van der Waals surface area contributed by atoms with E-state index < -0.39 is 6.19 Å². The Bertz CT molecular complexity index is 1280. The summed E-state index contributed by atoms with van der Waals surface area (Å²) in [4.78, 5) is 2.33. The van der Waals surface area contributed by atoms with Crippen LogP contribution in [0, 0.1) is 0 Å². The maximum absolute atomic E-state index is 6.83. The van der Waals surface area contributed by atoms with Gasteiger partial charge in [-0.15, -0.1) is 0 Å². The van der Waals surface area contributed by atoms with Crippen molar-refractivity contribution in [2.45, 2.75) is 38.8 Å². The number of anilines is 1. The van der Waals surface area contributed by atoms with Crippen LogP contribution in [0.25, 0.3) is 0 Å². The lowest BCUT2D eigenvalue weighted by molar-refractivity contribution is -0.452. The van der Waals surface area contributed by atoms with Crippen LogP contribution in [0.5, 0.6) is 0 Å². The second-order valence-corrected chi connectivity index (χ2v) is 14.5. The predicted molar refractivity (Wildman–Crippen MR) is 153 cm³/mol. The lowest BCUT2D eigenvalue weighted by Gasteiger charge is -2.39. The summed E-state index contributed by atoms with van der Waals surface area (Å²) in [6.45, 7) is 12.3. The highest BCUT2D eigenvalue weighted by Crippen LogP contribution is 2.62. The highest BCUT2D eigenvalue weighted by Gasteiger charge is 2.51. The normalized spacial score (nSPS) is 24.6. The molecule has 0 aliphatic carbocycles. The lowest BCUT2D eigenvalue weighted by Crippen LogP contribution is -2.41. The molecule has 3 heterocycles. The third-order valence-corrected chi connectivity index (χ3v) is 12.3. The molecule has 0 aromatic heterocycles. The van der Waals surface area contributed by atoms with Gasteiger partial charge in [-0.25, -0.2) is 0 Å². The van der Waals surface area contributed by atoms with E-state index in [-0.39, 0.29) is 11.1 Å². The van der Waals surface area contributed by atoms with E-state index >= 15 is 0 Å². The van der Waals surface area contributed by atoms with Crippen LogP contribution in [-0.2, 0) is 26.7 Å². The molecule has 3 aliphatic rings. The molecule has 5 rings (SSSR count). The zero-order valence-corrected chi connectivity index (χ0v) is 23.6. The van der Waals surface area contributed by atoms with Crippen LogP contribution in [0.15, 0.2) is 71.2 Å². The summed E-state index contributed by atoms with van der Waals surface area (Å²) in [6.07, 6.45) is -2.39. The molecular weight excluding hydrogens is 487 g/mol. The number of morpholine rings is 1. The first kappa shape index (κ1) is 25.3. The minimum Gasteiger partial charge on any atom is -0.445 e. The van der Waals surface area contributed by atoms with E-state index in [9.17, 15) is 0 Å². The number of hydrogen-bond acceptors (Lipinski definition) is 5. The van der Waals surface area contributed by atoms with Crippen LogP contribution >= 0.6 is 6.19 Å². The SMILES string of the molecule is CCOC1=[N+](c2ccccc2)N=C(C)C1P(=S)(C=C1N(C)c2ccccc2C1(C)C)N1CCOCC1. The van der Waals surface area contributed by atoms with Gasteiger partial charge in [0, 0.05) is 54.2 Å². The molecule has 1 fully saturated rings. The largest absolute Gasteiger partial charge is 0.445 e. The minimum absolute atomic E-state index is 0.105. The Morgan fingerprint density at radius 1 is 1.14 bits per heavy atom. The Morgan fingerprint density at radius 2 is 1.81 bits per heavy atom. The van der Waals surface area contributed by atoms with E-state index in [1.807, 2.05) is 29.8 Å². The molecule has 8 heteroatoms. The zero-order chi connectivity index (χ0) is 25.5. The molecule has 0 radical (unpaired) electrons. The molecule has 0 spiro atoms. The van der Waals surface area contributed by atoms with Crippen molar-refractivity contribution < 1.29 is 14.2 Å². The Balaban J connectivity index is 1.69. The zero-order valence-electron chi connectivity index (χ0n) is 21.8. The number of hydrazone groups is 1. The quantitative estimate of drug-likeness (QED) is 0.381. The summed E-state index contributed by atoms with van der Waals surface area (Å²) in [7, 11) is 2.16. The van der Waals surface area contributed by atoms with Crippen molar-refractivity contribution in [1.29, 1.82) is 0 Å². The number of nitrogens with zero attached hydrogens (tertiary/aromatic N) is 4. The maximum Gasteiger partial charge on any atom is 0.389 e. The minimum atomic E-state index is -2.39. The molecule has 2 aromatic rings. The number of likely N-dealkylation sites (N-methyl/N-ethyl adjacent to an activating group) is 1. The molecule has 190 valence electrons. The highest BCUT2D eigenvalue weighted by molar-refractivity contribution is 8.16. The van der Waals surface area contributed by atoms with Crippen molar-refractivity contribution in [2.75, 3.05) is 44.9 Å². The van der Waals surface area contributed by atoms with Gasteiger partial charge in [0.25, 0.3) is 0 Å². The molecule has 2 aromatic carbocycles. The van der Waals surface area contributed by atoms with Gasteiger partial charge in [-0.3, -0.25) is 4.67 Å². The van der Waals surface area contributed by atoms with Gasteiger partial charge in [-0.1, -0.05) is 62.1 Å². The smallest absolute Gasteiger partial charge is 0.389 e. The van der Waals surface area contributed by atoms with Gasteiger partial charge in [0.2, 0.25) is 5.69 Å². The lowest BCUT2D eigenvalue weighted by atomic mass is 9.84. The molecule has 36 heavy (non-hydrogen) atoms. The van der Waals surface area contributed by atoms with Gasteiger partial charge in [0.1, 0.15) is 5.71 Å². The third-order valence-electron chi connectivity index (χ3n) is 7.44. The third kappa shape index (κ3) is 4.16. The van der Waals surface area contributed by atoms with E-state index in [0.29, 0.717) is 19.8 Å². The van der Waals surface area contributed by atoms with Gasteiger partial charge < -0.3 is 14.4 Å². The van der Waals surface area contributed by atoms with Crippen LogP contribution < -0.4 is 4.90 Å². The van der Waals surface area contributed by atoms with Gasteiger partial charge in [-0.2, -0.15) is 0 Å². The molecule has 3 aliphatic heterocycles. The fourth-order valence-corrected chi connectivity index (χ4v) is 10.5. The average molecular weight is 524 g/mol. The standard InChI is InChI=1S/C28H36N4O2PS/c1-6-34-27-26(21(2)29-32(27)22-12-8-7-9-13-22)35(36,31-16-18-33-19-17-31)20-25-28(3,4)23-14-10-11-15-24(23)30(25)5/h7-15,20,26H,6,16-19H2,1-5H3/q+1. The molecule has 0 saturated carbocycles. The van der Waals surface area contributed by atoms with Crippen LogP contribution in [0.3, 0.4) is 0 Å². The first-order valence-corrected chi connectivity index (χ1v) is 15.6. The topological polar surface area (TPSA) is 40.3 Å². The van der Waals surface area contributed by atoms with E-state index in [0.717, 1.165) is 30.4 Å². The number of ether oxygens (including phenoxy) is 2. The number of benzene rings is 2. The van der Waals surface area contributed by atoms with Gasteiger partial charge in [-0.05, 0) is 36.0 Å². The number of rotatable bonds is 5. The Morgan fingerprint density at radius 3 is 2.47 bits per heavy atom. The van der Waals surface area contributed by atoms with Crippen LogP contribution in [0.2, 0.25) is 0 Å². The summed E-state index contributed by atoms with van der Waals surface area (Å²) >= 11 is 6.83. The van der Waals surface area contributed by atoms with Gasteiger partial charge in [0.15, 0.2) is 5.66 Å². The number of fused-ring (bicyclic) bond motifs is 1. The summed E-state index contributed by atoms with van der Waals surface area (Å²) in [5.74, 6) is 3.26. The van der Waals surface area contributed by atoms with Crippen LogP contribution in [0.4, 0.5) is 11.4 Å².